The average Bonchev–Trinajstić information content (AvgIpc) is 3.02. The largest absolute Gasteiger partial charge is 0.481 e. The number of hydrogen-bond donors (Lipinski definition) is 1. The average molecular weight is 486 g/mol. The van der Waals surface area contributed by atoms with Crippen molar-refractivity contribution in [2.24, 2.45) is 0 Å². The van der Waals surface area contributed by atoms with Crippen LogP contribution in [0.4, 0.5) is 4.79 Å². The fourth-order valence-electron chi connectivity index (χ4n) is 3.70. The Balaban J connectivity index is 1.62. The van der Waals surface area contributed by atoms with E-state index in [9.17, 15) is 14.4 Å². The summed E-state index contributed by atoms with van der Waals surface area (Å²) in [4.78, 5) is 41.1. The minimum absolute atomic E-state index is 0.0220. The number of carbonyl (C=O) groups is 3. The number of rotatable bonds is 13. The van der Waals surface area contributed by atoms with E-state index < -0.39 is 5.97 Å². The molecule has 0 saturated carbocycles. The molecule has 2 rings (SSSR count). The van der Waals surface area contributed by atoms with Crippen LogP contribution in [0.2, 0.25) is 0 Å². The molecule has 0 bridgehead atoms. The first-order chi connectivity index (χ1) is 15.4. The summed E-state index contributed by atoms with van der Waals surface area (Å²) < 4.78 is 5.65. The topological polar surface area (TPSA) is 90.4 Å². The van der Waals surface area contributed by atoms with Gasteiger partial charge in [-0.3, -0.25) is 14.5 Å². The van der Waals surface area contributed by atoms with Gasteiger partial charge in [0.2, 0.25) is 0 Å². The fraction of sp³-hybridized carbons (Fsp3) is 0.727. The van der Waals surface area contributed by atoms with Crippen LogP contribution in [-0.2, 0) is 14.3 Å². The van der Waals surface area contributed by atoms with Gasteiger partial charge in [0, 0.05) is 45.3 Å². The second kappa shape index (κ2) is 14.4. The summed E-state index contributed by atoms with van der Waals surface area (Å²) >= 11 is 6.77. The Hall–Kier alpha value is -1.81. The van der Waals surface area contributed by atoms with Crippen LogP contribution >= 0.6 is 24.0 Å². The number of piperazine rings is 1. The Morgan fingerprint density at radius 3 is 2.22 bits per heavy atom. The predicted octanol–water partition coefficient (Wildman–Crippen LogP) is 4.06. The molecule has 0 atom stereocenters. The number of hydrogen-bond acceptors (Lipinski definition) is 7. The lowest BCUT2D eigenvalue weighted by atomic mass is 10.1. The molecule has 2 heterocycles. The second-order valence-corrected chi connectivity index (χ2v) is 9.69. The summed E-state index contributed by atoms with van der Waals surface area (Å²) in [5, 5.41) is 8.62. The van der Waals surface area contributed by atoms with Gasteiger partial charge in [-0.25, -0.2) is 4.79 Å². The molecular formula is C22H35N3O5S2. The lowest BCUT2D eigenvalue weighted by Crippen LogP contribution is -2.47. The molecular weight excluding hydrogens is 450 g/mol. The number of nitrogens with zero attached hydrogens (tertiary/aromatic N) is 3. The molecule has 2 saturated heterocycles. The van der Waals surface area contributed by atoms with Gasteiger partial charge in [0.1, 0.15) is 4.32 Å². The highest BCUT2D eigenvalue weighted by molar-refractivity contribution is 8.26. The smallest absolute Gasteiger partial charge is 0.409 e. The normalized spacial score (nSPS) is 18.0. The van der Waals surface area contributed by atoms with Crippen molar-refractivity contribution in [2.45, 2.75) is 64.7 Å². The number of amides is 2. The lowest BCUT2D eigenvalue weighted by Gasteiger charge is -2.33. The molecule has 0 radical (unpaired) electrons. The Morgan fingerprint density at radius 1 is 1.03 bits per heavy atom. The highest BCUT2D eigenvalue weighted by atomic mass is 32.2. The maximum Gasteiger partial charge on any atom is 0.409 e. The van der Waals surface area contributed by atoms with E-state index >= 15 is 0 Å². The minimum atomic E-state index is -0.716. The summed E-state index contributed by atoms with van der Waals surface area (Å²) in [7, 11) is 0. The summed E-state index contributed by atoms with van der Waals surface area (Å²) in [6, 6.07) is 0. The van der Waals surface area contributed by atoms with Gasteiger partial charge in [0.25, 0.3) is 5.91 Å². The number of thiocarbonyl (C=S) groups is 1. The van der Waals surface area contributed by atoms with Crippen LogP contribution in [0.5, 0.6) is 0 Å². The molecule has 0 aliphatic carbocycles. The van der Waals surface area contributed by atoms with E-state index in [2.05, 4.69) is 4.90 Å². The first-order valence-electron chi connectivity index (χ1n) is 11.6. The summed E-state index contributed by atoms with van der Waals surface area (Å²) in [5.74, 6) is -0.738. The van der Waals surface area contributed by atoms with Crippen LogP contribution in [0.3, 0.4) is 0 Å². The van der Waals surface area contributed by atoms with E-state index in [0.29, 0.717) is 48.6 Å². The third kappa shape index (κ3) is 8.97. The van der Waals surface area contributed by atoms with Gasteiger partial charge >= 0.3 is 12.1 Å². The zero-order valence-electron chi connectivity index (χ0n) is 18.9. The van der Waals surface area contributed by atoms with E-state index in [1.165, 1.54) is 11.8 Å². The van der Waals surface area contributed by atoms with Crippen molar-refractivity contribution >= 4 is 46.3 Å². The highest BCUT2D eigenvalue weighted by Gasteiger charge is 2.32. The minimum Gasteiger partial charge on any atom is -0.481 e. The quantitative estimate of drug-likeness (QED) is 0.237. The summed E-state index contributed by atoms with van der Waals surface area (Å²) in [6.45, 7) is 5.31. The molecule has 0 aromatic rings. The molecule has 32 heavy (non-hydrogen) atoms. The molecule has 8 nitrogen and oxygen atoms in total. The third-order valence-electron chi connectivity index (χ3n) is 5.54. The van der Waals surface area contributed by atoms with Crippen molar-refractivity contribution < 1.29 is 24.2 Å². The van der Waals surface area contributed by atoms with Crippen molar-refractivity contribution in [2.75, 3.05) is 39.3 Å². The number of unbranched alkanes of at least 4 members (excludes halogenated alkanes) is 7. The van der Waals surface area contributed by atoms with Crippen LogP contribution in [0.15, 0.2) is 11.1 Å². The van der Waals surface area contributed by atoms with Crippen molar-refractivity contribution in [1.82, 2.24) is 14.7 Å². The number of ether oxygens (including phenoxy) is 1. The molecule has 1 N–H and O–H groups in total. The number of carboxylic acids is 1. The second-order valence-electron chi connectivity index (χ2n) is 8.01. The fourth-order valence-corrected chi connectivity index (χ4v) is 5.02. The summed E-state index contributed by atoms with van der Waals surface area (Å²) in [5.41, 5.74) is 0. The molecule has 10 heteroatoms. The van der Waals surface area contributed by atoms with E-state index in [-0.39, 0.29) is 18.4 Å². The molecule has 2 fully saturated rings. The van der Waals surface area contributed by atoms with Gasteiger partial charge in [-0.1, -0.05) is 62.5 Å². The predicted molar refractivity (Wildman–Crippen MR) is 129 cm³/mol. The Kier molecular flexibility index (Phi) is 11.9. The number of carbonyl (C=O) groups excluding carboxylic acids is 2. The van der Waals surface area contributed by atoms with Crippen LogP contribution in [0.25, 0.3) is 0 Å². The number of carboxylic acid groups (broad SMARTS) is 1. The van der Waals surface area contributed by atoms with Gasteiger partial charge < -0.3 is 19.6 Å². The third-order valence-corrected chi connectivity index (χ3v) is 6.90. The van der Waals surface area contributed by atoms with Crippen LogP contribution in [-0.4, -0.2) is 81.4 Å². The molecule has 2 aliphatic rings. The zero-order valence-corrected chi connectivity index (χ0v) is 20.6. The van der Waals surface area contributed by atoms with Gasteiger partial charge in [-0.05, 0) is 19.8 Å². The van der Waals surface area contributed by atoms with Crippen LogP contribution in [0.1, 0.15) is 64.7 Å². The standard InChI is InChI=1S/C22H35N3O5S2/c1-2-30-21(29)24-15-13-23(14-16-24)17-18-20(28)25(22(31)32-18)12-10-8-6-4-3-5-7-9-11-19(26)27/h17H,2-16H2,1H3,(H,26,27)/b18-17+. The zero-order chi connectivity index (χ0) is 23.3. The molecule has 0 unspecified atom stereocenters. The SMILES string of the molecule is CCOC(=O)N1CCN(/C=C2/SC(=S)N(CCCCCCCCCCC(=O)O)C2=O)CC1. The maximum absolute atomic E-state index is 12.8. The van der Waals surface area contributed by atoms with Gasteiger partial charge in [-0.15, -0.1) is 0 Å². The molecule has 0 aromatic heterocycles. The monoisotopic (exact) mass is 485 g/mol. The van der Waals surface area contributed by atoms with Crippen molar-refractivity contribution in [1.29, 1.82) is 0 Å². The molecule has 0 spiro atoms. The molecule has 2 aliphatic heterocycles. The Labute approximate surface area is 200 Å². The molecule has 0 aromatic carbocycles. The summed E-state index contributed by atoms with van der Waals surface area (Å²) in [6.07, 6.45) is 10.1. The molecule has 180 valence electrons. The van der Waals surface area contributed by atoms with E-state index in [1.54, 1.807) is 16.7 Å². The van der Waals surface area contributed by atoms with Crippen molar-refractivity contribution in [3.8, 4) is 0 Å². The van der Waals surface area contributed by atoms with Crippen molar-refractivity contribution in [3.63, 3.8) is 0 Å². The lowest BCUT2D eigenvalue weighted by molar-refractivity contribution is -0.137. The highest BCUT2D eigenvalue weighted by Crippen LogP contribution is 2.31. The van der Waals surface area contributed by atoms with Gasteiger partial charge in [0.05, 0.1) is 11.5 Å². The van der Waals surface area contributed by atoms with Crippen molar-refractivity contribution in [3.05, 3.63) is 11.1 Å². The maximum atomic E-state index is 12.8. The number of aliphatic carboxylic acids is 1. The Bertz CT molecular complexity index is 693. The Morgan fingerprint density at radius 2 is 1.62 bits per heavy atom. The van der Waals surface area contributed by atoms with E-state index in [0.717, 1.165) is 51.4 Å². The van der Waals surface area contributed by atoms with E-state index in [1.807, 2.05) is 6.20 Å². The molecule has 2 amide bonds. The van der Waals surface area contributed by atoms with Gasteiger partial charge in [-0.2, -0.15) is 0 Å². The van der Waals surface area contributed by atoms with Crippen LogP contribution < -0.4 is 0 Å². The van der Waals surface area contributed by atoms with Crippen LogP contribution in [0, 0.1) is 0 Å². The number of thioether (sulfide) groups is 1. The first-order valence-corrected chi connectivity index (χ1v) is 12.8. The van der Waals surface area contributed by atoms with E-state index in [4.69, 9.17) is 22.1 Å². The first kappa shape index (κ1) is 26.4. The van der Waals surface area contributed by atoms with Gasteiger partial charge in [0.15, 0.2) is 0 Å².